The fourth-order valence-corrected chi connectivity index (χ4v) is 3.58. The van der Waals surface area contributed by atoms with E-state index in [1.807, 2.05) is 0 Å². The van der Waals surface area contributed by atoms with Crippen LogP contribution in [0.2, 0.25) is 0 Å². The summed E-state index contributed by atoms with van der Waals surface area (Å²) >= 11 is 6.65. The molecule has 0 aliphatic carbocycles. The van der Waals surface area contributed by atoms with Crippen LogP contribution in [0, 0.1) is 0 Å². The van der Waals surface area contributed by atoms with Gasteiger partial charge < -0.3 is 30.9 Å². The van der Waals surface area contributed by atoms with Crippen LogP contribution in [0.3, 0.4) is 0 Å². The Labute approximate surface area is 195 Å². The molecule has 2 aromatic rings. The maximum absolute atomic E-state index is 12.7. The number of aliphatic carboxylic acids is 1. The molecule has 3 rings (SSSR count). The monoisotopic (exact) mass is 563 g/mol. The van der Waals surface area contributed by atoms with Gasteiger partial charge in [0, 0.05) is 31.7 Å². The molecule has 9 nitrogen and oxygen atoms in total. The average Bonchev–Trinajstić information content (AvgIpc) is 3.05. The third kappa shape index (κ3) is 5.97. The zero-order chi connectivity index (χ0) is 21.0. The molecular formula is C18H20Br2ClN5O4. The van der Waals surface area contributed by atoms with E-state index in [0.717, 1.165) is 17.6 Å². The van der Waals surface area contributed by atoms with Gasteiger partial charge in [-0.05, 0) is 56.1 Å². The third-order valence-electron chi connectivity index (χ3n) is 4.34. The van der Waals surface area contributed by atoms with Crippen LogP contribution in [-0.2, 0) is 4.79 Å². The van der Waals surface area contributed by atoms with Crippen LogP contribution in [0.5, 0.6) is 0 Å². The average molecular weight is 566 g/mol. The van der Waals surface area contributed by atoms with Gasteiger partial charge >= 0.3 is 5.97 Å². The fraction of sp³-hybridized carbons (Fsp3) is 0.278. The summed E-state index contributed by atoms with van der Waals surface area (Å²) in [6.07, 6.45) is 0. The van der Waals surface area contributed by atoms with Gasteiger partial charge in [0.25, 0.3) is 11.8 Å². The number of nitrogens with one attached hydrogen (secondary N) is 4. The molecule has 2 heterocycles. The van der Waals surface area contributed by atoms with Gasteiger partial charge in [-0.1, -0.05) is 0 Å². The molecule has 1 fully saturated rings. The van der Waals surface area contributed by atoms with Gasteiger partial charge in [-0.25, -0.2) is 0 Å². The molecule has 1 aromatic heterocycles. The van der Waals surface area contributed by atoms with Crippen LogP contribution in [0.15, 0.2) is 33.3 Å². The first-order chi connectivity index (χ1) is 13.8. The summed E-state index contributed by atoms with van der Waals surface area (Å²) in [5, 5.41) is 17.2. The van der Waals surface area contributed by atoms with Crippen LogP contribution in [0.25, 0.3) is 0 Å². The highest BCUT2D eigenvalue weighted by molar-refractivity contribution is 9.13. The van der Waals surface area contributed by atoms with Crippen molar-refractivity contribution in [2.75, 3.05) is 42.9 Å². The molecule has 1 aliphatic rings. The predicted octanol–water partition coefficient (Wildman–Crippen LogP) is 2.44. The van der Waals surface area contributed by atoms with Gasteiger partial charge in [0.15, 0.2) is 0 Å². The number of hydrogen-bond acceptors (Lipinski definition) is 5. The number of carbonyl (C=O) groups excluding carboxylic acids is 2. The topological polar surface area (TPSA) is 127 Å². The van der Waals surface area contributed by atoms with Gasteiger partial charge in [0.2, 0.25) is 0 Å². The molecule has 162 valence electrons. The first-order valence-electron chi connectivity index (χ1n) is 8.80. The molecule has 1 aliphatic heterocycles. The SMILES string of the molecule is Cl.O=C(O)CNC(=O)c1ccc(NC(=O)c2cc(Br)c(Br)[nH]2)c(N2CCNCC2)c1. The van der Waals surface area contributed by atoms with Gasteiger partial charge in [0.1, 0.15) is 12.2 Å². The first kappa shape index (κ1) is 24.2. The first-order valence-corrected chi connectivity index (χ1v) is 10.4. The smallest absolute Gasteiger partial charge is 0.322 e. The van der Waals surface area contributed by atoms with E-state index in [0.29, 0.717) is 40.3 Å². The molecule has 0 bridgehead atoms. The highest BCUT2D eigenvalue weighted by atomic mass is 79.9. The molecule has 5 N–H and O–H groups in total. The van der Waals surface area contributed by atoms with E-state index in [9.17, 15) is 14.4 Å². The minimum Gasteiger partial charge on any atom is -0.480 e. The summed E-state index contributed by atoms with van der Waals surface area (Å²) in [4.78, 5) is 40.6. The Balaban J connectivity index is 0.00000320. The van der Waals surface area contributed by atoms with E-state index in [2.05, 4.69) is 57.7 Å². The Hall–Kier alpha value is -2.08. The van der Waals surface area contributed by atoms with Gasteiger partial charge in [-0.3, -0.25) is 14.4 Å². The Bertz CT molecular complexity index is 927. The summed E-state index contributed by atoms with van der Waals surface area (Å²) in [5.74, 6) is -1.93. The number of rotatable bonds is 6. The van der Waals surface area contributed by atoms with Gasteiger partial charge in [0.05, 0.1) is 20.5 Å². The third-order valence-corrected chi connectivity index (χ3v) is 6.12. The second-order valence-corrected chi connectivity index (χ2v) is 7.99. The normalized spacial score (nSPS) is 13.3. The molecule has 0 saturated carbocycles. The zero-order valence-corrected chi connectivity index (χ0v) is 19.6. The minimum atomic E-state index is -1.12. The van der Waals surface area contributed by atoms with Crippen molar-refractivity contribution in [1.29, 1.82) is 0 Å². The van der Waals surface area contributed by atoms with Crippen LogP contribution in [-0.4, -0.2) is 60.6 Å². The number of H-pyrrole nitrogens is 1. The quantitative estimate of drug-likeness (QED) is 0.366. The van der Waals surface area contributed by atoms with Gasteiger partial charge in [-0.15, -0.1) is 12.4 Å². The van der Waals surface area contributed by atoms with Crippen LogP contribution in [0.1, 0.15) is 20.8 Å². The van der Waals surface area contributed by atoms with E-state index in [-0.39, 0.29) is 18.3 Å². The van der Waals surface area contributed by atoms with Crippen LogP contribution in [0.4, 0.5) is 11.4 Å². The van der Waals surface area contributed by atoms with Crippen molar-refractivity contribution in [1.82, 2.24) is 15.6 Å². The second-order valence-electron chi connectivity index (χ2n) is 6.34. The summed E-state index contributed by atoms with van der Waals surface area (Å²) in [6, 6.07) is 6.54. The fourth-order valence-electron chi connectivity index (χ4n) is 2.92. The van der Waals surface area contributed by atoms with Crippen molar-refractivity contribution < 1.29 is 19.5 Å². The summed E-state index contributed by atoms with van der Waals surface area (Å²) in [5.41, 5.74) is 1.96. The van der Waals surface area contributed by atoms with Crippen molar-refractivity contribution in [2.45, 2.75) is 0 Å². The Morgan fingerprint density at radius 1 is 1.10 bits per heavy atom. The maximum atomic E-state index is 12.7. The number of piperazine rings is 1. The van der Waals surface area contributed by atoms with Crippen molar-refractivity contribution in [3.8, 4) is 0 Å². The van der Waals surface area contributed by atoms with E-state index in [4.69, 9.17) is 5.11 Å². The molecule has 1 saturated heterocycles. The number of hydrogen-bond donors (Lipinski definition) is 5. The number of anilines is 2. The lowest BCUT2D eigenvalue weighted by molar-refractivity contribution is -0.135. The Morgan fingerprint density at radius 3 is 2.40 bits per heavy atom. The number of carboxylic acids is 1. The Morgan fingerprint density at radius 2 is 1.80 bits per heavy atom. The highest BCUT2D eigenvalue weighted by Crippen LogP contribution is 2.29. The highest BCUT2D eigenvalue weighted by Gasteiger charge is 2.20. The minimum absolute atomic E-state index is 0. The molecule has 12 heteroatoms. The van der Waals surface area contributed by atoms with Crippen molar-refractivity contribution in [2.24, 2.45) is 0 Å². The number of nitrogens with zero attached hydrogens (tertiary/aromatic N) is 1. The van der Waals surface area contributed by atoms with E-state index < -0.39 is 18.4 Å². The lowest BCUT2D eigenvalue weighted by Gasteiger charge is -2.31. The molecule has 1 aromatic carbocycles. The number of aromatic amines is 1. The van der Waals surface area contributed by atoms with E-state index in [1.165, 1.54) is 0 Å². The lowest BCUT2D eigenvalue weighted by atomic mass is 10.1. The summed E-state index contributed by atoms with van der Waals surface area (Å²) < 4.78 is 1.39. The predicted molar refractivity (Wildman–Crippen MR) is 123 cm³/mol. The molecule has 0 unspecified atom stereocenters. The molecule has 30 heavy (non-hydrogen) atoms. The Kier molecular flexibility index (Phi) is 8.71. The van der Waals surface area contributed by atoms with Crippen LogP contribution >= 0.6 is 44.3 Å². The standard InChI is InChI=1S/C18H19Br2N5O4.ClH/c19-11-8-13(23-16(11)20)18(29)24-12-2-1-10(17(28)22-9-15(26)27)7-14(12)25-5-3-21-4-6-25;/h1-2,7-8,21,23H,3-6,9H2,(H,22,28)(H,24,29)(H,26,27);1H. The van der Waals surface area contributed by atoms with Crippen molar-refractivity contribution in [3.05, 3.63) is 44.6 Å². The molecule has 2 amide bonds. The second kappa shape index (κ2) is 10.8. The van der Waals surface area contributed by atoms with E-state index in [1.54, 1.807) is 24.3 Å². The largest absolute Gasteiger partial charge is 0.480 e. The molecular weight excluding hydrogens is 545 g/mol. The summed E-state index contributed by atoms with van der Waals surface area (Å²) in [6.45, 7) is 2.51. The van der Waals surface area contributed by atoms with E-state index >= 15 is 0 Å². The number of halogens is 3. The lowest BCUT2D eigenvalue weighted by Crippen LogP contribution is -2.44. The number of benzene rings is 1. The van der Waals surface area contributed by atoms with Gasteiger partial charge in [-0.2, -0.15) is 0 Å². The molecule has 0 atom stereocenters. The van der Waals surface area contributed by atoms with Crippen molar-refractivity contribution >= 4 is 73.4 Å². The van der Waals surface area contributed by atoms with Crippen molar-refractivity contribution in [3.63, 3.8) is 0 Å². The number of amides is 2. The molecule has 0 radical (unpaired) electrons. The number of carboxylic acid groups (broad SMARTS) is 1. The number of aromatic nitrogens is 1. The van der Waals surface area contributed by atoms with Crippen LogP contribution < -0.4 is 20.9 Å². The zero-order valence-electron chi connectivity index (χ0n) is 15.6. The summed E-state index contributed by atoms with van der Waals surface area (Å²) in [7, 11) is 0. The number of carbonyl (C=O) groups is 3. The molecule has 0 spiro atoms. The maximum Gasteiger partial charge on any atom is 0.322 e.